The van der Waals surface area contributed by atoms with Gasteiger partial charge >= 0.3 is 125 Å². The average molecular weight is 775 g/mol. The van der Waals surface area contributed by atoms with E-state index < -0.39 is 43.5 Å². The van der Waals surface area contributed by atoms with E-state index in [1.54, 1.807) is 0 Å². The van der Waals surface area contributed by atoms with Gasteiger partial charge in [0.2, 0.25) is 0 Å². The molecule has 9 nitrogen and oxygen atoms in total. The van der Waals surface area contributed by atoms with Crippen molar-refractivity contribution in [3.63, 3.8) is 0 Å². The van der Waals surface area contributed by atoms with Crippen molar-refractivity contribution >= 4 is 43.5 Å². The molecule has 0 aromatic heterocycles. The molecule has 0 aromatic rings. The minimum atomic E-state index is -3.79. The SMILES string of the molecule is O=[Se]([O-])[O-].O=[Se]([O-])[O-].O=[Se]([O-])[O-].[Au+3].[Au+3]. The Morgan fingerprint density at radius 1 is 0.500 bits per heavy atom. The summed E-state index contributed by atoms with van der Waals surface area (Å²) in [5.41, 5.74) is 0. The van der Waals surface area contributed by atoms with Gasteiger partial charge in [0.25, 0.3) is 0 Å². The fraction of sp³-hybridized carbons (Fsp3) is 0. The Morgan fingerprint density at radius 2 is 0.500 bits per heavy atom. The van der Waals surface area contributed by atoms with Crippen LogP contribution in [0.3, 0.4) is 0 Å². The van der Waals surface area contributed by atoms with Gasteiger partial charge in [-0.3, -0.25) is 0 Å². The first kappa shape index (κ1) is 29.8. The molecule has 0 fully saturated rings. The molecule has 0 unspecified atom stereocenters. The third-order valence-electron chi connectivity index (χ3n) is 0. The van der Waals surface area contributed by atoms with Crippen LogP contribution in [0, 0.1) is 0 Å². The summed E-state index contributed by atoms with van der Waals surface area (Å²) in [4.78, 5) is 0. The average Bonchev–Trinajstić information content (AvgIpc) is 1.54. The molecule has 94 valence electrons. The van der Waals surface area contributed by atoms with Crippen LogP contribution in [0.1, 0.15) is 0 Å². The van der Waals surface area contributed by atoms with Gasteiger partial charge in [-0.2, -0.15) is 0 Å². The fourth-order valence-electron chi connectivity index (χ4n) is 0. The maximum absolute atomic E-state index is 8.54. The largest absolute Gasteiger partial charge is 3.00 e. The summed E-state index contributed by atoms with van der Waals surface area (Å²) in [6.07, 6.45) is 0. The van der Waals surface area contributed by atoms with Gasteiger partial charge in [0.1, 0.15) is 0 Å². The van der Waals surface area contributed by atoms with Crippen molar-refractivity contribution in [2.24, 2.45) is 0 Å². The second-order valence-electron chi connectivity index (χ2n) is 0.612. The van der Waals surface area contributed by atoms with Crippen molar-refractivity contribution in [3.05, 3.63) is 0 Å². The minimum Gasteiger partial charge on any atom is 3.00 e. The van der Waals surface area contributed by atoms with E-state index in [9.17, 15) is 0 Å². The van der Waals surface area contributed by atoms with Gasteiger partial charge in [0.05, 0.1) is 0 Å². The van der Waals surface area contributed by atoms with E-state index in [1.807, 2.05) is 0 Å². The zero-order valence-corrected chi connectivity index (χ0v) is 15.0. The summed E-state index contributed by atoms with van der Waals surface area (Å²) >= 11 is -11.4. The molecule has 0 saturated heterocycles. The summed E-state index contributed by atoms with van der Waals surface area (Å²) in [5.74, 6) is 0. The van der Waals surface area contributed by atoms with Crippen LogP contribution in [0.2, 0.25) is 0 Å². The molecule has 14 heavy (non-hydrogen) atoms. The van der Waals surface area contributed by atoms with Crippen molar-refractivity contribution in [1.29, 1.82) is 0 Å². The van der Waals surface area contributed by atoms with E-state index in [4.69, 9.17) is 36.6 Å². The molecule has 0 atom stereocenters. The smallest absolute Gasteiger partial charge is 3.00 e. The van der Waals surface area contributed by atoms with Crippen molar-refractivity contribution in [1.82, 2.24) is 0 Å². The van der Waals surface area contributed by atoms with Crippen LogP contribution in [-0.4, -0.2) is 43.5 Å². The molecule has 0 radical (unpaired) electrons. The van der Waals surface area contributed by atoms with Gasteiger partial charge in [-0.05, 0) is 0 Å². The molecule has 14 heteroatoms. The van der Waals surface area contributed by atoms with Gasteiger partial charge in [-0.15, -0.1) is 0 Å². The number of rotatable bonds is 0. The molecule has 0 N–H and O–H groups in total. The second-order valence-corrected chi connectivity index (χ2v) is 3.18. The van der Waals surface area contributed by atoms with E-state index in [0.717, 1.165) is 0 Å². The molecule has 0 aliphatic heterocycles. The summed E-state index contributed by atoms with van der Waals surface area (Å²) in [7, 11) is 0. The third kappa shape index (κ3) is 512. The summed E-state index contributed by atoms with van der Waals surface area (Å²) in [6.45, 7) is 0. The Morgan fingerprint density at radius 3 is 0.500 bits per heavy atom. The molecule has 0 aromatic carbocycles. The van der Waals surface area contributed by atoms with E-state index >= 15 is 0 Å². The molecular weight excluding hydrogens is 775 g/mol. The topological polar surface area (TPSA) is 190 Å². The van der Waals surface area contributed by atoms with Crippen LogP contribution in [0.15, 0.2) is 0 Å². The van der Waals surface area contributed by atoms with E-state index in [-0.39, 0.29) is 44.8 Å². The molecular formula is Au2O9Se3. The van der Waals surface area contributed by atoms with Gasteiger partial charge < -0.3 is 0 Å². The van der Waals surface area contributed by atoms with Crippen LogP contribution in [0.5, 0.6) is 0 Å². The van der Waals surface area contributed by atoms with Crippen LogP contribution >= 0.6 is 0 Å². The van der Waals surface area contributed by atoms with Crippen LogP contribution < -0.4 is 25.1 Å². The first-order chi connectivity index (χ1) is 5.20. The number of hydrogen-bond donors (Lipinski definition) is 0. The molecule has 0 bridgehead atoms. The zero-order valence-electron chi connectivity index (χ0n) is 5.50. The molecule has 0 spiro atoms. The summed E-state index contributed by atoms with van der Waals surface area (Å²) in [6, 6.07) is 0. The molecule has 0 aliphatic rings. The van der Waals surface area contributed by atoms with Crippen molar-refractivity contribution < 1.29 is 81.4 Å². The maximum atomic E-state index is 8.54. The first-order valence-corrected chi connectivity index (χ1v) is 7.79. The molecule has 0 amide bonds. The van der Waals surface area contributed by atoms with E-state index in [0.29, 0.717) is 0 Å². The zero-order chi connectivity index (χ0) is 10.7. The van der Waals surface area contributed by atoms with Crippen molar-refractivity contribution in [3.8, 4) is 0 Å². The Hall–Kier alpha value is 2.20. The van der Waals surface area contributed by atoms with Crippen molar-refractivity contribution in [2.75, 3.05) is 0 Å². The maximum Gasteiger partial charge on any atom is 3.00 e. The molecule has 0 aliphatic carbocycles. The first-order valence-electron chi connectivity index (χ1n) is 1.50. The van der Waals surface area contributed by atoms with Crippen molar-refractivity contribution in [2.45, 2.75) is 0 Å². The number of hydrogen-bond acceptors (Lipinski definition) is 9. The van der Waals surface area contributed by atoms with Gasteiger partial charge in [0.15, 0.2) is 0 Å². The van der Waals surface area contributed by atoms with Gasteiger partial charge in [-0.1, -0.05) is 0 Å². The predicted octanol–water partition coefficient (Wildman–Crippen LogP) is -8.64. The van der Waals surface area contributed by atoms with Crippen LogP contribution in [-0.2, 0) is 56.3 Å². The van der Waals surface area contributed by atoms with Gasteiger partial charge in [-0.25, -0.2) is 0 Å². The van der Waals surface area contributed by atoms with Gasteiger partial charge in [0, 0.05) is 0 Å². The molecule has 0 heterocycles. The molecule has 0 saturated carbocycles. The Bertz CT molecular complexity index is 116. The fourth-order valence-corrected chi connectivity index (χ4v) is 0. The van der Waals surface area contributed by atoms with Crippen LogP contribution in [0.4, 0.5) is 0 Å². The Labute approximate surface area is 123 Å². The monoisotopic (exact) mass is 778 g/mol. The van der Waals surface area contributed by atoms with E-state index in [2.05, 4.69) is 0 Å². The van der Waals surface area contributed by atoms with Crippen LogP contribution in [0.25, 0.3) is 0 Å². The summed E-state index contributed by atoms with van der Waals surface area (Å²) in [5, 5.41) is 0. The predicted molar refractivity (Wildman–Crippen MR) is 19.3 cm³/mol. The summed E-state index contributed by atoms with van der Waals surface area (Å²) < 4.78 is 76.9. The minimum absolute atomic E-state index is 0. The Kier molecular flexibility index (Phi) is 52.1. The Balaban J connectivity index is -0.0000000270. The standard InChI is InChI=1S/2Au.3H2O3Se/c;;3*1-4(2)3/h;;3*(H2,1,2,3)/q2*+3;;;/p-6. The molecule has 0 rings (SSSR count). The van der Waals surface area contributed by atoms with E-state index in [1.165, 1.54) is 0 Å². The second kappa shape index (κ2) is 24.4. The quantitative estimate of drug-likeness (QED) is 0.215. The third-order valence-corrected chi connectivity index (χ3v) is 0. The normalized spacial score (nSPS) is 7.50.